The number of thiophene rings is 1. The molecule has 0 aliphatic heterocycles. The number of nitrogens with one attached hydrogen (secondary N) is 2. The summed E-state index contributed by atoms with van der Waals surface area (Å²) in [5.41, 5.74) is 1.97. The first-order chi connectivity index (χ1) is 9.67. The van der Waals surface area contributed by atoms with Crippen LogP contribution in [0.1, 0.15) is 10.6 Å². The van der Waals surface area contributed by atoms with E-state index in [4.69, 9.17) is 9.94 Å². The number of hydroxylamine groups is 1. The van der Waals surface area contributed by atoms with E-state index in [0.717, 1.165) is 4.88 Å². The van der Waals surface area contributed by atoms with Gasteiger partial charge in [0.1, 0.15) is 6.61 Å². The Bertz CT molecular complexity index is 582. The molecule has 0 aromatic carbocycles. The molecule has 2 heterocycles. The summed E-state index contributed by atoms with van der Waals surface area (Å²) >= 11 is 2.67. The maximum absolute atomic E-state index is 11.5. The van der Waals surface area contributed by atoms with Gasteiger partial charge < -0.3 is 4.74 Å². The first-order valence-corrected chi connectivity index (χ1v) is 7.27. The number of carbonyl (C=O) groups excluding carboxylic acids is 2. The third-order valence-corrected chi connectivity index (χ3v) is 3.81. The lowest BCUT2D eigenvalue weighted by Gasteiger charge is -2.02. The van der Waals surface area contributed by atoms with Gasteiger partial charge in [-0.25, -0.2) is 15.3 Å². The Hall–Kier alpha value is -1.97. The van der Waals surface area contributed by atoms with Crippen molar-refractivity contribution in [1.82, 2.24) is 10.5 Å². The average Bonchev–Trinajstić information content (AvgIpc) is 3.08. The predicted molar refractivity (Wildman–Crippen MR) is 73.9 cm³/mol. The van der Waals surface area contributed by atoms with Crippen LogP contribution in [-0.4, -0.2) is 22.2 Å². The summed E-state index contributed by atoms with van der Waals surface area (Å²) in [5, 5.41) is 14.7. The fourth-order valence-corrected chi connectivity index (χ4v) is 2.62. The van der Waals surface area contributed by atoms with Crippen LogP contribution < -0.4 is 10.8 Å². The minimum absolute atomic E-state index is 0.0566. The summed E-state index contributed by atoms with van der Waals surface area (Å²) in [5.74, 6) is -0.567. The molecule has 0 spiro atoms. The summed E-state index contributed by atoms with van der Waals surface area (Å²) in [6, 6.07) is 3.74. The van der Waals surface area contributed by atoms with Crippen LogP contribution in [0.25, 0.3) is 0 Å². The molecular weight excluding hydrogens is 302 g/mol. The second kappa shape index (κ2) is 6.98. The monoisotopic (exact) mass is 313 g/mol. The average molecular weight is 313 g/mol. The second-order valence-corrected chi connectivity index (χ2v) is 5.53. The normalized spacial score (nSPS) is 10.1. The van der Waals surface area contributed by atoms with Gasteiger partial charge >= 0.3 is 6.09 Å². The number of amides is 2. The zero-order valence-corrected chi connectivity index (χ0v) is 11.8. The Labute approximate surface area is 122 Å². The van der Waals surface area contributed by atoms with Crippen LogP contribution in [0.2, 0.25) is 0 Å². The largest absolute Gasteiger partial charge is 0.444 e. The van der Waals surface area contributed by atoms with E-state index >= 15 is 0 Å². The van der Waals surface area contributed by atoms with Gasteiger partial charge in [-0.3, -0.25) is 15.3 Å². The van der Waals surface area contributed by atoms with Crippen molar-refractivity contribution < 1.29 is 19.5 Å². The Morgan fingerprint density at radius 3 is 2.95 bits per heavy atom. The molecular formula is C11H11N3O4S2. The van der Waals surface area contributed by atoms with E-state index in [2.05, 4.69) is 10.3 Å². The molecule has 0 saturated carbocycles. The number of hydrogen-bond acceptors (Lipinski definition) is 7. The van der Waals surface area contributed by atoms with Gasteiger partial charge in [-0.2, -0.15) is 0 Å². The number of aromatic nitrogens is 1. The number of carbonyl (C=O) groups is 2. The van der Waals surface area contributed by atoms with Crippen LogP contribution >= 0.6 is 22.7 Å². The molecule has 0 atom stereocenters. The van der Waals surface area contributed by atoms with E-state index in [9.17, 15) is 9.59 Å². The summed E-state index contributed by atoms with van der Waals surface area (Å²) in [4.78, 5) is 27.4. The molecule has 3 N–H and O–H groups in total. The molecule has 2 rings (SSSR count). The third kappa shape index (κ3) is 4.30. The SMILES string of the molecule is O=C(Cc1csc(NC(=O)OCc2cccs2)n1)NO. The molecule has 0 bridgehead atoms. The lowest BCUT2D eigenvalue weighted by atomic mass is 10.3. The van der Waals surface area contributed by atoms with Gasteiger partial charge in [0.05, 0.1) is 12.1 Å². The molecule has 106 valence electrons. The van der Waals surface area contributed by atoms with Crippen molar-refractivity contribution in [2.24, 2.45) is 0 Å². The molecule has 9 heteroatoms. The van der Waals surface area contributed by atoms with Gasteiger partial charge in [-0.1, -0.05) is 6.07 Å². The zero-order chi connectivity index (χ0) is 14.4. The minimum atomic E-state index is -0.606. The molecule has 0 fully saturated rings. The summed E-state index contributed by atoms with van der Waals surface area (Å²) in [6.07, 6.45) is -0.662. The molecule has 0 radical (unpaired) electrons. The van der Waals surface area contributed by atoms with Crippen molar-refractivity contribution in [3.63, 3.8) is 0 Å². The highest BCUT2D eigenvalue weighted by molar-refractivity contribution is 7.14. The fraction of sp³-hybridized carbons (Fsp3) is 0.182. The van der Waals surface area contributed by atoms with E-state index in [1.165, 1.54) is 28.2 Å². The summed E-state index contributed by atoms with van der Waals surface area (Å²) < 4.78 is 5.01. The summed E-state index contributed by atoms with van der Waals surface area (Å²) in [6.45, 7) is 0.203. The Balaban J connectivity index is 1.80. The predicted octanol–water partition coefficient (Wildman–Crippen LogP) is 2.00. The number of hydrogen-bond donors (Lipinski definition) is 3. The van der Waals surface area contributed by atoms with E-state index in [0.29, 0.717) is 10.8 Å². The van der Waals surface area contributed by atoms with Gasteiger partial charge in [0.15, 0.2) is 5.13 Å². The smallest absolute Gasteiger partial charge is 0.413 e. The van der Waals surface area contributed by atoms with Gasteiger partial charge in [0.2, 0.25) is 5.91 Å². The summed E-state index contributed by atoms with van der Waals surface area (Å²) in [7, 11) is 0. The number of nitrogens with zero attached hydrogens (tertiary/aromatic N) is 1. The molecule has 0 aliphatic carbocycles. The fourth-order valence-electron chi connectivity index (χ4n) is 1.30. The topological polar surface area (TPSA) is 101 Å². The molecule has 2 aromatic rings. The Morgan fingerprint density at radius 1 is 1.40 bits per heavy atom. The van der Waals surface area contributed by atoms with Crippen LogP contribution in [0.4, 0.5) is 9.93 Å². The maximum atomic E-state index is 11.5. The van der Waals surface area contributed by atoms with Crippen molar-refractivity contribution >= 4 is 39.8 Å². The van der Waals surface area contributed by atoms with Gasteiger partial charge in [0, 0.05) is 10.3 Å². The van der Waals surface area contributed by atoms with Crippen molar-refractivity contribution in [3.8, 4) is 0 Å². The van der Waals surface area contributed by atoms with Crippen LogP contribution in [-0.2, 0) is 22.6 Å². The number of rotatable bonds is 5. The first-order valence-electron chi connectivity index (χ1n) is 5.51. The van der Waals surface area contributed by atoms with Gasteiger partial charge in [-0.15, -0.1) is 22.7 Å². The van der Waals surface area contributed by atoms with E-state index in [1.807, 2.05) is 17.5 Å². The van der Waals surface area contributed by atoms with Gasteiger partial charge in [-0.05, 0) is 11.4 Å². The number of ether oxygens (including phenoxy) is 1. The van der Waals surface area contributed by atoms with Crippen molar-refractivity contribution in [2.45, 2.75) is 13.0 Å². The van der Waals surface area contributed by atoms with Gasteiger partial charge in [0.25, 0.3) is 0 Å². The zero-order valence-electron chi connectivity index (χ0n) is 10.2. The van der Waals surface area contributed by atoms with Crippen LogP contribution in [0.3, 0.4) is 0 Å². The second-order valence-electron chi connectivity index (χ2n) is 3.64. The molecule has 7 nitrogen and oxygen atoms in total. The number of thiazole rings is 1. The molecule has 2 amide bonds. The van der Waals surface area contributed by atoms with E-state index < -0.39 is 12.0 Å². The highest BCUT2D eigenvalue weighted by atomic mass is 32.1. The first kappa shape index (κ1) is 14.4. The molecule has 0 unspecified atom stereocenters. The van der Waals surface area contributed by atoms with Crippen molar-refractivity contribution in [1.29, 1.82) is 0 Å². The van der Waals surface area contributed by atoms with E-state index in [-0.39, 0.29) is 13.0 Å². The molecule has 0 aliphatic rings. The standard InChI is InChI=1S/C11H11N3O4S2/c15-9(14-17)4-7-6-20-10(12-7)13-11(16)18-5-8-2-1-3-19-8/h1-3,6,17H,4-5H2,(H,14,15)(H,12,13,16). The molecule has 20 heavy (non-hydrogen) atoms. The Morgan fingerprint density at radius 2 is 2.25 bits per heavy atom. The van der Waals surface area contributed by atoms with Crippen molar-refractivity contribution in [2.75, 3.05) is 5.32 Å². The quantitative estimate of drug-likeness (QED) is 0.579. The minimum Gasteiger partial charge on any atom is -0.444 e. The maximum Gasteiger partial charge on any atom is 0.413 e. The molecule has 0 saturated heterocycles. The highest BCUT2D eigenvalue weighted by Crippen LogP contribution is 2.16. The third-order valence-electron chi connectivity index (χ3n) is 2.15. The van der Waals surface area contributed by atoms with Crippen LogP contribution in [0.15, 0.2) is 22.9 Å². The lowest BCUT2D eigenvalue weighted by Crippen LogP contribution is -2.20. The highest BCUT2D eigenvalue weighted by Gasteiger charge is 2.10. The van der Waals surface area contributed by atoms with Crippen LogP contribution in [0.5, 0.6) is 0 Å². The van der Waals surface area contributed by atoms with E-state index in [1.54, 1.807) is 5.38 Å². The van der Waals surface area contributed by atoms with Crippen molar-refractivity contribution in [3.05, 3.63) is 33.5 Å². The van der Waals surface area contributed by atoms with Crippen LogP contribution in [0, 0.1) is 0 Å². The number of anilines is 1. The molecule has 2 aromatic heterocycles. The lowest BCUT2D eigenvalue weighted by molar-refractivity contribution is -0.128. The Kier molecular flexibility index (Phi) is 5.04.